The summed E-state index contributed by atoms with van der Waals surface area (Å²) in [6.07, 6.45) is 3.84. The smallest absolute Gasteiger partial charge is 0.166 e. The van der Waals surface area contributed by atoms with Crippen LogP contribution < -0.4 is 21.3 Å². The van der Waals surface area contributed by atoms with Crippen molar-refractivity contribution in [2.75, 3.05) is 36.1 Å². The average Bonchev–Trinajstić information content (AvgIpc) is 3.02. The number of hydrogen-bond donors (Lipinski definition) is 4. The van der Waals surface area contributed by atoms with Crippen LogP contribution in [0.5, 0.6) is 0 Å². The highest BCUT2D eigenvalue weighted by atomic mass is 35.5. The third kappa shape index (κ3) is 9.15. The van der Waals surface area contributed by atoms with Crippen LogP contribution in [0.2, 0.25) is 0 Å². The molecule has 174 valence electrons. The number of rotatable bonds is 9. The fourth-order valence-corrected chi connectivity index (χ4v) is 8.93. The Labute approximate surface area is 199 Å². The van der Waals surface area contributed by atoms with Crippen molar-refractivity contribution < 1.29 is 16.8 Å². The summed E-state index contributed by atoms with van der Waals surface area (Å²) in [5.74, 6) is -0.0221. The molecule has 0 spiro atoms. The maximum atomic E-state index is 11.6. The van der Waals surface area contributed by atoms with Crippen LogP contribution in [0, 0.1) is 0 Å². The molecule has 30 heavy (non-hydrogen) atoms. The van der Waals surface area contributed by atoms with E-state index in [0.717, 1.165) is 25.7 Å². The molecule has 8 nitrogen and oxygen atoms in total. The number of hydrogen-bond acceptors (Lipinski definition) is 6. The van der Waals surface area contributed by atoms with Gasteiger partial charge in [-0.1, -0.05) is 12.8 Å². The second-order valence-corrected chi connectivity index (χ2v) is 13.9. The largest absolute Gasteiger partial charge is 0.363 e. The predicted molar refractivity (Wildman–Crippen MR) is 130 cm³/mol. The molecule has 4 N–H and O–H groups in total. The van der Waals surface area contributed by atoms with Gasteiger partial charge < -0.3 is 21.3 Å². The van der Waals surface area contributed by atoms with Crippen molar-refractivity contribution in [2.45, 2.75) is 48.5 Å². The topological polar surface area (TPSA) is 116 Å². The number of halogens is 2. The number of thiocarbonyl (C=S) groups is 2. The van der Waals surface area contributed by atoms with Gasteiger partial charge in [0.05, 0.1) is 45.8 Å². The Morgan fingerprint density at radius 2 is 1.07 bits per heavy atom. The minimum absolute atomic E-state index is 0.00874. The molecule has 0 aromatic carbocycles. The first-order chi connectivity index (χ1) is 14.0. The Kier molecular flexibility index (Phi) is 10.1. The predicted octanol–water partition coefficient (Wildman–Crippen LogP) is 0.284. The normalized spacial score (nSPS) is 29.3. The molecule has 0 aromatic rings. The van der Waals surface area contributed by atoms with E-state index in [9.17, 15) is 16.8 Å². The van der Waals surface area contributed by atoms with E-state index in [0.29, 0.717) is 23.3 Å². The van der Waals surface area contributed by atoms with Gasteiger partial charge in [-0.15, -0.1) is 23.2 Å². The van der Waals surface area contributed by atoms with Crippen molar-refractivity contribution >= 4 is 77.5 Å². The molecule has 0 aromatic heterocycles. The van der Waals surface area contributed by atoms with E-state index in [2.05, 4.69) is 21.3 Å². The molecule has 2 rings (SSSR count). The van der Waals surface area contributed by atoms with Crippen LogP contribution in [0.1, 0.15) is 25.7 Å². The lowest BCUT2D eigenvalue weighted by molar-refractivity contribution is 0.596. The van der Waals surface area contributed by atoms with E-state index < -0.39 is 30.4 Å². The Morgan fingerprint density at radius 1 is 0.700 bits per heavy atom. The fourth-order valence-electron chi connectivity index (χ4n) is 3.32. The summed E-state index contributed by atoms with van der Waals surface area (Å²) in [6, 6.07) is -0.697. The second kappa shape index (κ2) is 11.6. The highest BCUT2D eigenvalue weighted by molar-refractivity contribution is 7.92. The van der Waals surface area contributed by atoms with Gasteiger partial charge in [0.15, 0.2) is 29.9 Å². The summed E-state index contributed by atoms with van der Waals surface area (Å²) >= 11 is 22.5. The van der Waals surface area contributed by atoms with Crippen LogP contribution in [-0.4, -0.2) is 86.0 Å². The molecule has 2 aliphatic rings. The average molecular weight is 540 g/mol. The first-order valence-electron chi connectivity index (χ1n) is 9.75. The van der Waals surface area contributed by atoms with Crippen molar-refractivity contribution in [1.82, 2.24) is 21.3 Å². The molecule has 2 fully saturated rings. The standard InChI is InChI=1S/C16H28Cl2N4O4S4/c17-11-7-29(23,24)9-13(11)21-15(27)19-5-3-1-2-4-6-20-16(28)22-14-10-30(25,26)8-12(14)18/h11-14H,1-10H2,(H2,19,21,27)(H2,20,22,28). The van der Waals surface area contributed by atoms with Gasteiger partial charge in [0.1, 0.15) is 0 Å². The molecule has 2 aliphatic heterocycles. The summed E-state index contributed by atoms with van der Waals surface area (Å²) in [6.45, 7) is 1.39. The molecule has 4 atom stereocenters. The lowest BCUT2D eigenvalue weighted by Gasteiger charge is -2.18. The van der Waals surface area contributed by atoms with Crippen LogP contribution in [0.3, 0.4) is 0 Å². The number of sulfone groups is 2. The first-order valence-corrected chi connectivity index (χ1v) is 15.1. The highest BCUT2D eigenvalue weighted by Gasteiger charge is 2.37. The fraction of sp³-hybridized carbons (Fsp3) is 0.875. The van der Waals surface area contributed by atoms with Crippen LogP contribution in [0.25, 0.3) is 0 Å². The van der Waals surface area contributed by atoms with E-state index in [1.54, 1.807) is 0 Å². The van der Waals surface area contributed by atoms with Crippen LogP contribution in [0.4, 0.5) is 0 Å². The second-order valence-electron chi connectivity index (χ2n) is 7.61. The van der Waals surface area contributed by atoms with Gasteiger partial charge in [0, 0.05) is 13.1 Å². The first kappa shape index (κ1) is 26.1. The Morgan fingerprint density at radius 3 is 1.37 bits per heavy atom. The molecule has 14 heteroatoms. The minimum atomic E-state index is -3.08. The molecular weight excluding hydrogens is 511 g/mol. The summed E-state index contributed by atoms with van der Waals surface area (Å²) in [7, 11) is -6.17. The van der Waals surface area contributed by atoms with Crippen LogP contribution in [0.15, 0.2) is 0 Å². The monoisotopic (exact) mass is 538 g/mol. The zero-order valence-corrected chi connectivity index (χ0v) is 21.2. The Balaban J connectivity index is 1.46. The molecular formula is C16H28Cl2N4O4S4. The van der Waals surface area contributed by atoms with Crippen molar-refractivity contribution in [1.29, 1.82) is 0 Å². The summed E-state index contributed by atoms with van der Waals surface area (Å²) in [4.78, 5) is 0. The molecule has 0 amide bonds. The maximum Gasteiger partial charge on any atom is 0.166 e. The molecule has 4 unspecified atom stereocenters. The van der Waals surface area contributed by atoms with E-state index in [-0.39, 0.29) is 35.1 Å². The minimum Gasteiger partial charge on any atom is -0.363 e. The Hall–Kier alpha value is -0.140. The third-order valence-electron chi connectivity index (χ3n) is 4.87. The lowest BCUT2D eigenvalue weighted by Crippen LogP contribution is -2.46. The van der Waals surface area contributed by atoms with Crippen molar-refractivity contribution in [3.8, 4) is 0 Å². The maximum absolute atomic E-state index is 11.6. The van der Waals surface area contributed by atoms with Crippen LogP contribution >= 0.6 is 47.6 Å². The molecule has 0 radical (unpaired) electrons. The number of unbranched alkanes of at least 4 members (excludes halogenated alkanes) is 3. The summed E-state index contributed by atoms with van der Waals surface area (Å²) in [5, 5.41) is 12.0. The zero-order chi connectivity index (χ0) is 22.4. The van der Waals surface area contributed by atoms with Gasteiger partial charge in [-0.2, -0.15) is 0 Å². The SMILES string of the molecule is O=S1(=O)CC(Cl)C(NC(=S)NCCCCCCNC(=S)NC2CS(=O)(=O)CC2Cl)C1. The van der Waals surface area contributed by atoms with Crippen molar-refractivity contribution in [3.63, 3.8) is 0 Å². The number of nitrogens with one attached hydrogen (secondary N) is 4. The Bertz CT molecular complexity index is 757. The zero-order valence-electron chi connectivity index (χ0n) is 16.4. The summed E-state index contributed by atoms with van der Waals surface area (Å²) in [5.41, 5.74) is 0. The van der Waals surface area contributed by atoms with Gasteiger partial charge in [-0.25, -0.2) is 16.8 Å². The van der Waals surface area contributed by atoms with E-state index in [1.807, 2.05) is 0 Å². The van der Waals surface area contributed by atoms with Gasteiger partial charge in [0.2, 0.25) is 0 Å². The van der Waals surface area contributed by atoms with Gasteiger partial charge >= 0.3 is 0 Å². The van der Waals surface area contributed by atoms with Crippen LogP contribution in [-0.2, 0) is 19.7 Å². The third-order valence-corrected chi connectivity index (χ3v) is 10.1. The van der Waals surface area contributed by atoms with Crippen molar-refractivity contribution in [2.24, 2.45) is 0 Å². The molecule has 0 aliphatic carbocycles. The van der Waals surface area contributed by atoms with E-state index in [4.69, 9.17) is 47.6 Å². The van der Waals surface area contributed by atoms with Gasteiger partial charge in [-0.3, -0.25) is 0 Å². The highest BCUT2D eigenvalue weighted by Crippen LogP contribution is 2.18. The molecule has 2 heterocycles. The van der Waals surface area contributed by atoms with Crippen molar-refractivity contribution in [3.05, 3.63) is 0 Å². The quantitative estimate of drug-likeness (QED) is 0.185. The lowest BCUT2D eigenvalue weighted by atomic mass is 10.2. The van der Waals surface area contributed by atoms with Gasteiger partial charge in [-0.05, 0) is 37.3 Å². The number of alkyl halides is 2. The molecule has 0 bridgehead atoms. The summed E-state index contributed by atoms with van der Waals surface area (Å²) < 4.78 is 46.2. The van der Waals surface area contributed by atoms with E-state index >= 15 is 0 Å². The molecule has 0 saturated carbocycles. The van der Waals surface area contributed by atoms with E-state index in [1.165, 1.54) is 0 Å². The molecule has 2 saturated heterocycles. The van der Waals surface area contributed by atoms with Gasteiger partial charge in [0.25, 0.3) is 0 Å².